The Kier molecular flexibility index (Phi) is 5.08. The first-order valence-corrected chi connectivity index (χ1v) is 8.61. The Balaban J connectivity index is 2.13. The van der Waals surface area contributed by atoms with Crippen molar-refractivity contribution in [1.82, 2.24) is 9.62 Å². The second-order valence-corrected chi connectivity index (χ2v) is 7.14. The van der Waals surface area contributed by atoms with Crippen LogP contribution in [0.15, 0.2) is 23.1 Å². The Hall–Kier alpha value is -1.31. The molecule has 1 unspecified atom stereocenters. The van der Waals surface area contributed by atoms with Crippen molar-refractivity contribution in [3.8, 4) is 5.75 Å². The van der Waals surface area contributed by atoms with Gasteiger partial charge in [0.05, 0.1) is 6.61 Å². The van der Waals surface area contributed by atoms with Crippen molar-refractivity contribution in [2.45, 2.75) is 18.2 Å². The first kappa shape index (κ1) is 16.1. The van der Waals surface area contributed by atoms with E-state index in [9.17, 15) is 8.42 Å². The van der Waals surface area contributed by atoms with Gasteiger partial charge in [-0.3, -0.25) is 0 Å². The van der Waals surface area contributed by atoms with E-state index in [2.05, 4.69) is 9.62 Å². The molecule has 1 aromatic carbocycles. The molecule has 0 bridgehead atoms. The predicted molar refractivity (Wildman–Crippen MR) is 82.8 cm³/mol. The maximum atomic E-state index is 12.5. The first-order chi connectivity index (χ1) is 9.92. The quantitative estimate of drug-likeness (QED) is 0.762. The van der Waals surface area contributed by atoms with E-state index in [1.165, 1.54) is 6.07 Å². The van der Waals surface area contributed by atoms with E-state index in [1.807, 2.05) is 14.0 Å². The highest BCUT2D eigenvalue weighted by Crippen LogP contribution is 2.26. The molecule has 7 heteroatoms. The zero-order valence-corrected chi connectivity index (χ0v) is 13.3. The molecule has 0 radical (unpaired) electrons. The number of hydrogen-bond acceptors (Lipinski definition) is 5. The summed E-state index contributed by atoms with van der Waals surface area (Å²) >= 11 is 0. The molecular weight excluding hydrogens is 290 g/mol. The minimum Gasteiger partial charge on any atom is -0.492 e. The Labute approximate surface area is 126 Å². The lowest BCUT2D eigenvalue weighted by atomic mass is 10.1. The van der Waals surface area contributed by atoms with Crippen LogP contribution < -0.4 is 15.2 Å². The third-order valence-electron chi connectivity index (χ3n) is 3.61. The van der Waals surface area contributed by atoms with Gasteiger partial charge in [-0.25, -0.2) is 13.1 Å². The number of benzene rings is 1. The van der Waals surface area contributed by atoms with Crippen LogP contribution in [0.2, 0.25) is 0 Å². The fraction of sp³-hybridized carbons (Fsp3) is 0.571. The topological polar surface area (TPSA) is 84.7 Å². The highest BCUT2D eigenvalue weighted by atomic mass is 32.2. The molecule has 1 saturated heterocycles. The van der Waals surface area contributed by atoms with E-state index in [0.717, 1.165) is 19.5 Å². The number of nitrogens with two attached hydrogens (primary N) is 1. The summed E-state index contributed by atoms with van der Waals surface area (Å²) in [5.74, 6) is 0.684. The molecule has 21 heavy (non-hydrogen) atoms. The van der Waals surface area contributed by atoms with Gasteiger partial charge in [-0.2, -0.15) is 0 Å². The van der Waals surface area contributed by atoms with Crippen molar-refractivity contribution >= 4 is 15.7 Å². The molecule has 0 saturated carbocycles. The lowest BCUT2D eigenvalue weighted by Crippen LogP contribution is -2.31. The van der Waals surface area contributed by atoms with Crippen LogP contribution in [0, 0.1) is 5.92 Å². The summed E-state index contributed by atoms with van der Waals surface area (Å²) in [6.45, 7) is 4.58. The minimum atomic E-state index is -3.61. The Bertz CT molecular complexity index is 589. The summed E-state index contributed by atoms with van der Waals surface area (Å²) in [5.41, 5.74) is 6.10. The fourth-order valence-corrected chi connectivity index (χ4v) is 3.80. The molecule has 1 fully saturated rings. The van der Waals surface area contributed by atoms with Gasteiger partial charge in [0, 0.05) is 18.8 Å². The van der Waals surface area contributed by atoms with E-state index in [1.54, 1.807) is 12.1 Å². The van der Waals surface area contributed by atoms with Gasteiger partial charge in [0.15, 0.2) is 0 Å². The number of nitrogens with one attached hydrogen (secondary N) is 1. The summed E-state index contributed by atoms with van der Waals surface area (Å²) in [4.78, 5) is 2.31. The largest absolute Gasteiger partial charge is 0.492 e. The number of sulfonamides is 1. The lowest BCUT2D eigenvalue weighted by Gasteiger charge is -2.15. The average Bonchev–Trinajstić information content (AvgIpc) is 2.85. The van der Waals surface area contributed by atoms with E-state index in [0.29, 0.717) is 30.5 Å². The smallest absolute Gasteiger partial charge is 0.244 e. The van der Waals surface area contributed by atoms with Crippen LogP contribution in [0.1, 0.15) is 13.3 Å². The lowest BCUT2D eigenvalue weighted by molar-refractivity contribution is 0.331. The van der Waals surface area contributed by atoms with Gasteiger partial charge in [-0.1, -0.05) is 0 Å². The molecule has 6 nitrogen and oxygen atoms in total. The van der Waals surface area contributed by atoms with Crippen LogP contribution in [0.5, 0.6) is 5.75 Å². The van der Waals surface area contributed by atoms with E-state index in [4.69, 9.17) is 10.5 Å². The van der Waals surface area contributed by atoms with Crippen molar-refractivity contribution in [3.05, 3.63) is 18.2 Å². The van der Waals surface area contributed by atoms with E-state index >= 15 is 0 Å². The van der Waals surface area contributed by atoms with Gasteiger partial charge in [-0.15, -0.1) is 0 Å². The maximum absolute atomic E-state index is 12.5. The Morgan fingerprint density at radius 1 is 1.48 bits per heavy atom. The number of nitrogen functional groups attached to an aromatic ring is 1. The number of hydrogen-bond donors (Lipinski definition) is 2. The normalized spacial score (nSPS) is 19.8. The first-order valence-electron chi connectivity index (χ1n) is 7.13. The monoisotopic (exact) mass is 313 g/mol. The van der Waals surface area contributed by atoms with Crippen LogP contribution in [0.3, 0.4) is 0 Å². The molecule has 1 aromatic rings. The second-order valence-electron chi connectivity index (χ2n) is 5.41. The van der Waals surface area contributed by atoms with Crippen LogP contribution in [0.4, 0.5) is 5.69 Å². The van der Waals surface area contributed by atoms with E-state index < -0.39 is 10.0 Å². The molecule has 3 N–H and O–H groups in total. The molecule has 2 rings (SSSR count). The molecule has 118 valence electrons. The van der Waals surface area contributed by atoms with Crippen molar-refractivity contribution in [2.24, 2.45) is 5.92 Å². The highest BCUT2D eigenvalue weighted by Gasteiger charge is 2.24. The minimum absolute atomic E-state index is 0.107. The van der Waals surface area contributed by atoms with Crippen molar-refractivity contribution in [3.63, 3.8) is 0 Å². The molecule has 1 atom stereocenters. The summed E-state index contributed by atoms with van der Waals surface area (Å²) in [7, 11) is -1.57. The third-order valence-corrected chi connectivity index (χ3v) is 5.05. The van der Waals surface area contributed by atoms with Gasteiger partial charge in [0.2, 0.25) is 10.0 Å². The summed E-state index contributed by atoms with van der Waals surface area (Å²) in [5, 5.41) is 0. The number of rotatable bonds is 6. The molecule has 1 heterocycles. The van der Waals surface area contributed by atoms with Gasteiger partial charge < -0.3 is 15.4 Å². The second kappa shape index (κ2) is 6.64. The molecule has 1 aliphatic heterocycles. The van der Waals surface area contributed by atoms with Crippen LogP contribution in [-0.2, 0) is 10.0 Å². The zero-order valence-electron chi connectivity index (χ0n) is 12.5. The number of ether oxygens (including phenoxy) is 1. The van der Waals surface area contributed by atoms with E-state index in [-0.39, 0.29) is 4.90 Å². The molecule has 1 aliphatic rings. The Morgan fingerprint density at radius 2 is 2.24 bits per heavy atom. The fourth-order valence-electron chi connectivity index (χ4n) is 2.51. The summed E-state index contributed by atoms with van der Waals surface area (Å²) in [6.07, 6.45) is 1.01. The number of nitrogens with zero attached hydrogens (tertiary/aromatic N) is 1. The molecule has 0 aromatic heterocycles. The molecular formula is C14H23N3O3S. The van der Waals surface area contributed by atoms with Crippen LogP contribution >= 0.6 is 0 Å². The summed E-state index contributed by atoms with van der Waals surface area (Å²) < 4.78 is 33.0. The third kappa shape index (κ3) is 4.09. The van der Waals surface area contributed by atoms with Crippen LogP contribution in [-0.4, -0.2) is 46.6 Å². The van der Waals surface area contributed by atoms with Gasteiger partial charge in [0.1, 0.15) is 10.6 Å². The highest BCUT2D eigenvalue weighted by molar-refractivity contribution is 7.89. The Morgan fingerprint density at radius 3 is 2.86 bits per heavy atom. The van der Waals surface area contributed by atoms with Gasteiger partial charge >= 0.3 is 0 Å². The molecule has 0 aliphatic carbocycles. The molecule has 0 spiro atoms. The SMILES string of the molecule is CCOc1ccc(N)cc1S(=O)(=O)NCC1CCN(C)C1. The van der Waals surface area contributed by atoms with Gasteiger partial charge in [-0.05, 0) is 51.1 Å². The van der Waals surface area contributed by atoms with Gasteiger partial charge in [0.25, 0.3) is 0 Å². The zero-order chi connectivity index (χ0) is 15.5. The average molecular weight is 313 g/mol. The van der Waals surface area contributed by atoms with Crippen molar-refractivity contribution in [1.29, 1.82) is 0 Å². The summed E-state index contributed by atoms with van der Waals surface area (Å²) in [6, 6.07) is 4.67. The van der Waals surface area contributed by atoms with Crippen molar-refractivity contribution in [2.75, 3.05) is 39.0 Å². The van der Waals surface area contributed by atoms with Crippen LogP contribution in [0.25, 0.3) is 0 Å². The number of anilines is 1. The maximum Gasteiger partial charge on any atom is 0.244 e. The predicted octanol–water partition coefficient (Wildman–Crippen LogP) is 0.898. The standard InChI is InChI=1S/C14H23N3O3S/c1-3-20-13-5-4-12(15)8-14(13)21(18,19)16-9-11-6-7-17(2)10-11/h4-5,8,11,16H,3,6-7,9-10,15H2,1-2H3. The number of likely N-dealkylation sites (tertiary alicyclic amines) is 1. The molecule has 0 amide bonds. The van der Waals surface area contributed by atoms with Crippen molar-refractivity contribution < 1.29 is 13.2 Å².